The molecule has 0 bridgehead atoms. The normalized spacial score (nSPS) is 11.9. The van der Waals surface area contributed by atoms with E-state index in [1.165, 1.54) is 0 Å². The molecule has 108 valence electrons. The van der Waals surface area contributed by atoms with Crippen molar-refractivity contribution in [1.82, 2.24) is 0 Å². The molecule has 19 heavy (non-hydrogen) atoms. The summed E-state index contributed by atoms with van der Waals surface area (Å²) in [5.41, 5.74) is -0.153. The van der Waals surface area contributed by atoms with Crippen molar-refractivity contribution in [1.29, 1.82) is 0 Å². The molecule has 0 aliphatic heterocycles. The molecule has 3 nitrogen and oxygen atoms in total. The summed E-state index contributed by atoms with van der Waals surface area (Å²) in [5, 5.41) is 0. The van der Waals surface area contributed by atoms with E-state index < -0.39 is 33.7 Å². The molecular formula is C12H17F3O3Si. The number of rotatable bonds is 8. The minimum Gasteiger partial charge on any atom is -0.378 e. The Morgan fingerprint density at radius 2 is 1.58 bits per heavy atom. The third-order valence-corrected chi connectivity index (χ3v) is 3.53. The van der Waals surface area contributed by atoms with Crippen LogP contribution in [0.4, 0.5) is 13.2 Å². The van der Waals surface area contributed by atoms with Gasteiger partial charge in [-0.25, -0.2) is 13.2 Å². The largest absolute Gasteiger partial charge is 0.378 e. The highest BCUT2D eigenvalue weighted by atomic mass is 28.2. The van der Waals surface area contributed by atoms with Crippen LogP contribution in [0.5, 0.6) is 0 Å². The van der Waals surface area contributed by atoms with Crippen LogP contribution in [0.3, 0.4) is 0 Å². The zero-order chi connectivity index (χ0) is 14.3. The second kappa shape index (κ2) is 8.31. The number of hydrogen-bond acceptors (Lipinski definition) is 3. The van der Waals surface area contributed by atoms with Crippen molar-refractivity contribution in [2.24, 2.45) is 0 Å². The van der Waals surface area contributed by atoms with Gasteiger partial charge in [0.05, 0.1) is 0 Å². The van der Waals surface area contributed by atoms with Crippen molar-refractivity contribution in [2.45, 2.75) is 26.4 Å². The lowest BCUT2D eigenvalue weighted by molar-refractivity contribution is -0.243. The van der Waals surface area contributed by atoms with Crippen LogP contribution < -0.4 is 0 Å². The van der Waals surface area contributed by atoms with Gasteiger partial charge in [-0.15, -0.1) is 0 Å². The van der Waals surface area contributed by atoms with E-state index in [9.17, 15) is 13.2 Å². The summed E-state index contributed by atoms with van der Waals surface area (Å²) in [4.78, 5) is 0. The van der Waals surface area contributed by atoms with Gasteiger partial charge in [0.15, 0.2) is 9.76 Å². The summed E-state index contributed by atoms with van der Waals surface area (Å²) < 4.78 is 55.1. The quantitative estimate of drug-likeness (QED) is 0.542. The molecule has 0 saturated carbocycles. The van der Waals surface area contributed by atoms with E-state index in [1.807, 2.05) is 0 Å². The van der Waals surface area contributed by atoms with E-state index in [1.54, 1.807) is 13.8 Å². The van der Waals surface area contributed by atoms with E-state index in [0.717, 1.165) is 0 Å². The molecule has 0 atom stereocenters. The lowest BCUT2D eigenvalue weighted by atomic mass is 10.2. The van der Waals surface area contributed by atoms with Crippen LogP contribution in [0, 0.1) is 17.5 Å². The third-order valence-electron chi connectivity index (χ3n) is 2.32. The maximum atomic E-state index is 13.4. The molecule has 7 heteroatoms. The standard InChI is InChI=1S/C12H17F3O3Si/c1-3-16-12(17-4-2)18-19-7-9-10(14)5-8(13)6-11(9)15/h5-6,12H,3-4,7,19H2,1-2H3. The van der Waals surface area contributed by atoms with Gasteiger partial charge in [-0.3, -0.25) is 0 Å². The smallest absolute Gasteiger partial charge is 0.261 e. The summed E-state index contributed by atoms with van der Waals surface area (Å²) in [6, 6.07) is 1.43. The second-order valence-corrected chi connectivity index (χ2v) is 4.91. The summed E-state index contributed by atoms with van der Waals surface area (Å²) >= 11 is 0. The number of hydrogen-bond donors (Lipinski definition) is 0. The number of halogens is 3. The monoisotopic (exact) mass is 294 g/mol. The fourth-order valence-electron chi connectivity index (χ4n) is 1.48. The van der Waals surface area contributed by atoms with Crippen molar-refractivity contribution in [3.63, 3.8) is 0 Å². The number of ether oxygens (including phenoxy) is 2. The highest BCUT2D eigenvalue weighted by molar-refractivity contribution is 6.26. The molecule has 0 radical (unpaired) electrons. The molecule has 0 aliphatic rings. The lowest BCUT2D eigenvalue weighted by Crippen LogP contribution is -2.24. The first-order valence-electron chi connectivity index (χ1n) is 6.06. The van der Waals surface area contributed by atoms with Crippen LogP contribution in [0.1, 0.15) is 19.4 Å². The molecule has 0 amide bonds. The van der Waals surface area contributed by atoms with Gasteiger partial charge in [-0.05, 0) is 19.9 Å². The van der Waals surface area contributed by atoms with Crippen molar-refractivity contribution < 1.29 is 27.1 Å². The third kappa shape index (κ3) is 5.31. The molecule has 1 rings (SSSR count). The molecule has 0 heterocycles. The fraction of sp³-hybridized carbons (Fsp3) is 0.500. The summed E-state index contributed by atoms with van der Waals surface area (Å²) in [5.74, 6) is -2.71. The van der Waals surface area contributed by atoms with Gasteiger partial charge in [0.1, 0.15) is 17.5 Å². The first-order valence-corrected chi connectivity index (χ1v) is 7.64. The van der Waals surface area contributed by atoms with Crippen molar-refractivity contribution in [3.05, 3.63) is 35.1 Å². The molecule has 1 aromatic rings. The average Bonchev–Trinajstić information content (AvgIpc) is 2.32. The zero-order valence-corrected chi connectivity index (χ0v) is 12.3. The Bertz CT molecular complexity index is 375. The van der Waals surface area contributed by atoms with Crippen LogP contribution in [-0.2, 0) is 19.9 Å². The average molecular weight is 294 g/mol. The Labute approximate surface area is 112 Å². The SMILES string of the molecule is CCOC(OCC)O[SiH2]Cc1c(F)cc(F)cc1F. The van der Waals surface area contributed by atoms with Gasteiger partial charge in [0.2, 0.25) is 0 Å². The molecule has 0 saturated heterocycles. The van der Waals surface area contributed by atoms with Crippen LogP contribution in [0.15, 0.2) is 12.1 Å². The summed E-state index contributed by atoms with van der Waals surface area (Å²) in [6.45, 7) is 3.61. The molecule has 0 spiro atoms. The first kappa shape index (κ1) is 16.2. The predicted octanol–water partition coefficient (Wildman–Crippen LogP) is 2.06. The van der Waals surface area contributed by atoms with Gasteiger partial charge < -0.3 is 13.9 Å². The van der Waals surface area contributed by atoms with E-state index >= 15 is 0 Å². The second-order valence-electron chi connectivity index (χ2n) is 3.67. The maximum absolute atomic E-state index is 13.4. The van der Waals surface area contributed by atoms with Crippen molar-refractivity contribution >= 4 is 9.76 Å². The molecule has 0 N–H and O–H groups in total. The highest BCUT2D eigenvalue weighted by Gasteiger charge is 2.13. The molecule has 0 aliphatic carbocycles. The highest BCUT2D eigenvalue weighted by Crippen LogP contribution is 2.15. The summed E-state index contributed by atoms with van der Waals surface area (Å²) in [7, 11) is -1.28. The van der Waals surface area contributed by atoms with Crippen LogP contribution >= 0.6 is 0 Å². The van der Waals surface area contributed by atoms with Crippen LogP contribution in [0.2, 0.25) is 0 Å². The van der Waals surface area contributed by atoms with Crippen molar-refractivity contribution in [2.75, 3.05) is 13.2 Å². The number of benzene rings is 1. The van der Waals surface area contributed by atoms with Crippen LogP contribution in [-0.4, -0.2) is 29.5 Å². The van der Waals surface area contributed by atoms with Crippen LogP contribution in [0.25, 0.3) is 0 Å². The minimum absolute atomic E-state index is 0.106. The lowest BCUT2D eigenvalue weighted by Gasteiger charge is -2.17. The Morgan fingerprint density at radius 3 is 2.05 bits per heavy atom. The fourth-order valence-corrected chi connectivity index (χ4v) is 2.67. The van der Waals surface area contributed by atoms with Gasteiger partial charge in [0.25, 0.3) is 6.48 Å². The Kier molecular flexibility index (Phi) is 7.07. The molecule has 0 unspecified atom stereocenters. The predicted molar refractivity (Wildman–Crippen MR) is 66.7 cm³/mol. The molecule has 0 aromatic heterocycles. The first-order chi connectivity index (χ1) is 9.08. The van der Waals surface area contributed by atoms with Gasteiger partial charge in [0, 0.05) is 30.9 Å². The molecular weight excluding hydrogens is 277 g/mol. The zero-order valence-electron chi connectivity index (χ0n) is 10.9. The van der Waals surface area contributed by atoms with E-state index in [-0.39, 0.29) is 11.6 Å². The van der Waals surface area contributed by atoms with Gasteiger partial charge >= 0.3 is 0 Å². The van der Waals surface area contributed by atoms with Gasteiger partial charge in [-0.1, -0.05) is 0 Å². The minimum atomic E-state index is -1.28. The Hall–Kier alpha value is -0.893. The molecule has 1 aromatic carbocycles. The Morgan fingerprint density at radius 1 is 1.05 bits per heavy atom. The molecule has 0 fully saturated rings. The van der Waals surface area contributed by atoms with Gasteiger partial charge in [-0.2, -0.15) is 0 Å². The van der Waals surface area contributed by atoms with Crippen molar-refractivity contribution in [3.8, 4) is 0 Å². The van der Waals surface area contributed by atoms with E-state index in [0.29, 0.717) is 25.3 Å². The van der Waals surface area contributed by atoms with E-state index in [4.69, 9.17) is 13.9 Å². The summed E-state index contributed by atoms with van der Waals surface area (Å²) in [6.07, 6.45) is 0. The Balaban J connectivity index is 2.52. The van der Waals surface area contributed by atoms with E-state index in [2.05, 4.69) is 0 Å². The maximum Gasteiger partial charge on any atom is 0.261 e. The topological polar surface area (TPSA) is 27.7 Å².